The molecule has 1 aliphatic heterocycles. The van der Waals surface area contributed by atoms with Gasteiger partial charge >= 0.3 is 0 Å². The molecule has 0 amide bonds. The summed E-state index contributed by atoms with van der Waals surface area (Å²) in [6.45, 7) is 8.80. The highest BCUT2D eigenvalue weighted by atomic mass is 16.7. The maximum atomic E-state index is 5.73. The largest absolute Gasteiger partial charge is 0.350 e. The standard InChI is InChI=1S/C13H22O2/c1-8-4-5-9-10(8)11(13(9,2)3)12-14-6-7-15-12/h8-12H,4-7H2,1-3H3/t8-,9+,10-,11-/m1/s1. The van der Waals surface area contributed by atoms with Gasteiger partial charge < -0.3 is 9.47 Å². The van der Waals surface area contributed by atoms with E-state index in [1.54, 1.807) is 0 Å². The maximum Gasteiger partial charge on any atom is 0.161 e. The predicted molar refractivity (Wildman–Crippen MR) is 58.3 cm³/mol. The first-order chi connectivity index (χ1) is 7.12. The van der Waals surface area contributed by atoms with Crippen LogP contribution in [0.3, 0.4) is 0 Å². The van der Waals surface area contributed by atoms with E-state index >= 15 is 0 Å². The van der Waals surface area contributed by atoms with Crippen LogP contribution in [0.4, 0.5) is 0 Å². The van der Waals surface area contributed by atoms with Crippen LogP contribution in [-0.4, -0.2) is 19.5 Å². The Balaban J connectivity index is 1.81. The first-order valence-electron chi connectivity index (χ1n) is 6.35. The van der Waals surface area contributed by atoms with E-state index < -0.39 is 0 Å². The second kappa shape index (κ2) is 3.21. The summed E-state index contributed by atoms with van der Waals surface area (Å²) in [5.41, 5.74) is 0.435. The van der Waals surface area contributed by atoms with Gasteiger partial charge in [0.05, 0.1) is 13.2 Å². The highest BCUT2D eigenvalue weighted by molar-refractivity contribution is 5.09. The van der Waals surface area contributed by atoms with Crippen LogP contribution in [0.2, 0.25) is 0 Å². The SMILES string of the molecule is C[C@@H]1CC[C@H]2[C@@H]1[C@H](C1OCCO1)C2(C)C. The van der Waals surface area contributed by atoms with Crippen LogP contribution in [0.25, 0.3) is 0 Å². The Kier molecular flexibility index (Phi) is 2.16. The minimum Gasteiger partial charge on any atom is -0.350 e. The summed E-state index contributed by atoms with van der Waals surface area (Å²) < 4.78 is 11.5. The van der Waals surface area contributed by atoms with Crippen LogP contribution < -0.4 is 0 Å². The Morgan fingerprint density at radius 1 is 1.07 bits per heavy atom. The molecule has 0 radical (unpaired) electrons. The first-order valence-corrected chi connectivity index (χ1v) is 6.35. The van der Waals surface area contributed by atoms with E-state index in [1.165, 1.54) is 12.8 Å². The van der Waals surface area contributed by atoms with Crippen LogP contribution in [0.5, 0.6) is 0 Å². The normalized spacial score (nSPS) is 49.0. The van der Waals surface area contributed by atoms with Gasteiger partial charge in [0.1, 0.15) is 0 Å². The predicted octanol–water partition coefficient (Wildman–Crippen LogP) is 2.68. The summed E-state index contributed by atoms with van der Waals surface area (Å²) in [4.78, 5) is 0. The molecule has 0 bridgehead atoms. The molecule has 2 heteroatoms. The molecule has 1 heterocycles. The molecule has 3 aliphatic rings. The highest BCUT2D eigenvalue weighted by Crippen LogP contribution is 2.66. The third-order valence-corrected chi connectivity index (χ3v) is 5.22. The van der Waals surface area contributed by atoms with Gasteiger partial charge in [-0.3, -0.25) is 0 Å². The summed E-state index contributed by atoms with van der Waals surface area (Å²) in [5, 5.41) is 0. The van der Waals surface area contributed by atoms with Gasteiger partial charge in [-0.2, -0.15) is 0 Å². The summed E-state index contributed by atoms with van der Waals surface area (Å²) >= 11 is 0. The molecule has 2 saturated carbocycles. The van der Waals surface area contributed by atoms with Gasteiger partial charge in [0.2, 0.25) is 0 Å². The summed E-state index contributed by atoms with van der Waals surface area (Å²) in [5.74, 6) is 3.30. The lowest BCUT2D eigenvalue weighted by molar-refractivity contribution is -0.217. The van der Waals surface area contributed by atoms with Gasteiger partial charge in [-0.05, 0) is 29.6 Å². The smallest absolute Gasteiger partial charge is 0.161 e. The van der Waals surface area contributed by atoms with Gasteiger partial charge in [0, 0.05) is 5.92 Å². The third kappa shape index (κ3) is 1.24. The van der Waals surface area contributed by atoms with E-state index in [9.17, 15) is 0 Å². The van der Waals surface area contributed by atoms with E-state index in [4.69, 9.17) is 9.47 Å². The van der Waals surface area contributed by atoms with Crippen molar-refractivity contribution in [2.45, 2.75) is 39.9 Å². The van der Waals surface area contributed by atoms with Crippen molar-refractivity contribution in [1.29, 1.82) is 0 Å². The minimum atomic E-state index is 0.0989. The average molecular weight is 210 g/mol. The lowest BCUT2D eigenvalue weighted by Crippen LogP contribution is -2.57. The van der Waals surface area contributed by atoms with Gasteiger partial charge in [-0.25, -0.2) is 0 Å². The van der Waals surface area contributed by atoms with Crippen molar-refractivity contribution < 1.29 is 9.47 Å². The Hall–Kier alpha value is -0.0800. The van der Waals surface area contributed by atoms with Crippen molar-refractivity contribution in [2.75, 3.05) is 13.2 Å². The fraction of sp³-hybridized carbons (Fsp3) is 1.00. The Morgan fingerprint density at radius 3 is 2.40 bits per heavy atom. The summed E-state index contributed by atoms with van der Waals surface area (Å²) in [6, 6.07) is 0. The summed E-state index contributed by atoms with van der Waals surface area (Å²) in [6.07, 6.45) is 2.92. The molecule has 3 fully saturated rings. The van der Waals surface area contributed by atoms with Gasteiger partial charge in [-0.15, -0.1) is 0 Å². The molecule has 0 N–H and O–H groups in total. The molecule has 0 unspecified atom stereocenters. The molecule has 4 atom stereocenters. The minimum absolute atomic E-state index is 0.0989. The fourth-order valence-electron chi connectivity index (χ4n) is 4.44. The van der Waals surface area contributed by atoms with Crippen molar-refractivity contribution >= 4 is 0 Å². The average Bonchev–Trinajstić information content (AvgIpc) is 2.76. The Labute approximate surface area is 92.3 Å². The van der Waals surface area contributed by atoms with Crippen LogP contribution in [0.15, 0.2) is 0 Å². The van der Waals surface area contributed by atoms with Crippen molar-refractivity contribution in [1.82, 2.24) is 0 Å². The molecule has 86 valence electrons. The third-order valence-electron chi connectivity index (χ3n) is 5.22. The Morgan fingerprint density at radius 2 is 1.73 bits per heavy atom. The van der Waals surface area contributed by atoms with E-state index in [1.807, 2.05) is 0 Å². The zero-order valence-electron chi connectivity index (χ0n) is 10.0. The Bertz CT molecular complexity index is 255. The number of ether oxygens (including phenoxy) is 2. The number of rotatable bonds is 1. The van der Waals surface area contributed by atoms with Crippen molar-refractivity contribution in [3.63, 3.8) is 0 Å². The monoisotopic (exact) mass is 210 g/mol. The molecular weight excluding hydrogens is 188 g/mol. The molecule has 15 heavy (non-hydrogen) atoms. The van der Waals surface area contributed by atoms with Gasteiger partial charge in [0.25, 0.3) is 0 Å². The van der Waals surface area contributed by atoms with Crippen molar-refractivity contribution in [3.05, 3.63) is 0 Å². The second-order valence-electron chi connectivity index (χ2n) is 6.20. The highest BCUT2D eigenvalue weighted by Gasteiger charge is 2.63. The molecule has 0 aromatic carbocycles. The quantitative estimate of drug-likeness (QED) is 0.662. The van der Waals surface area contributed by atoms with E-state index in [2.05, 4.69) is 20.8 Å². The maximum absolute atomic E-state index is 5.73. The van der Waals surface area contributed by atoms with Crippen LogP contribution in [0.1, 0.15) is 33.6 Å². The molecule has 0 aromatic heterocycles. The summed E-state index contributed by atoms with van der Waals surface area (Å²) in [7, 11) is 0. The lowest BCUT2D eigenvalue weighted by atomic mass is 9.48. The molecule has 2 aliphatic carbocycles. The van der Waals surface area contributed by atoms with Gasteiger partial charge in [0.15, 0.2) is 6.29 Å². The topological polar surface area (TPSA) is 18.5 Å². The van der Waals surface area contributed by atoms with Crippen LogP contribution in [-0.2, 0) is 9.47 Å². The molecule has 3 rings (SSSR count). The first kappa shape index (κ1) is 10.1. The molecule has 2 nitrogen and oxygen atoms in total. The number of hydrogen-bond donors (Lipinski definition) is 0. The zero-order valence-corrected chi connectivity index (χ0v) is 10.0. The lowest BCUT2D eigenvalue weighted by Gasteiger charge is -2.58. The van der Waals surface area contributed by atoms with Crippen molar-refractivity contribution in [3.8, 4) is 0 Å². The second-order valence-corrected chi connectivity index (χ2v) is 6.20. The fourth-order valence-corrected chi connectivity index (χ4v) is 4.44. The van der Waals surface area contributed by atoms with Crippen LogP contribution >= 0.6 is 0 Å². The van der Waals surface area contributed by atoms with E-state index in [-0.39, 0.29) is 6.29 Å². The van der Waals surface area contributed by atoms with Gasteiger partial charge in [-0.1, -0.05) is 27.2 Å². The zero-order chi connectivity index (χ0) is 10.6. The van der Waals surface area contributed by atoms with Crippen molar-refractivity contribution in [2.24, 2.45) is 29.1 Å². The van der Waals surface area contributed by atoms with E-state index in [0.29, 0.717) is 11.3 Å². The van der Waals surface area contributed by atoms with E-state index in [0.717, 1.165) is 31.0 Å². The number of fused-ring (bicyclic) bond motifs is 1. The molecule has 0 spiro atoms. The molecule has 0 aromatic rings. The molecule has 1 saturated heterocycles. The number of hydrogen-bond acceptors (Lipinski definition) is 2. The van der Waals surface area contributed by atoms with Crippen LogP contribution in [0, 0.1) is 29.1 Å². The molecular formula is C13H22O2.